The van der Waals surface area contributed by atoms with E-state index in [1.807, 2.05) is 0 Å². The average molecular weight is 267 g/mol. The zero-order valence-electron chi connectivity index (χ0n) is 12.5. The van der Waals surface area contributed by atoms with Crippen molar-refractivity contribution in [2.75, 3.05) is 32.7 Å². The van der Waals surface area contributed by atoms with Gasteiger partial charge in [-0.15, -0.1) is 0 Å². The summed E-state index contributed by atoms with van der Waals surface area (Å²) >= 11 is 0. The maximum Gasteiger partial charge on any atom is 0.234 e. The van der Waals surface area contributed by atoms with Gasteiger partial charge in [0.05, 0.1) is 6.54 Å². The molecule has 2 aliphatic rings. The first-order chi connectivity index (χ1) is 9.20. The first-order valence-electron chi connectivity index (χ1n) is 7.93. The van der Waals surface area contributed by atoms with Gasteiger partial charge in [-0.2, -0.15) is 0 Å². The van der Waals surface area contributed by atoms with Gasteiger partial charge in [-0.3, -0.25) is 9.69 Å². The second kappa shape index (κ2) is 7.25. The molecule has 0 spiro atoms. The van der Waals surface area contributed by atoms with Gasteiger partial charge >= 0.3 is 0 Å². The quantitative estimate of drug-likeness (QED) is 0.805. The van der Waals surface area contributed by atoms with E-state index in [1.165, 1.54) is 12.8 Å². The number of hydrogen-bond acceptors (Lipinski definition) is 3. The number of carbonyl (C=O) groups excluding carboxylic acids is 1. The van der Waals surface area contributed by atoms with Crippen LogP contribution in [-0.4, -0.2) is 49.6 Å². The van der Waals surface area contributed by atoms with Crippen molar-refractivity contribution in [3.05, 3.63) is 0 Å². The minimum absolute atomic E-state index is 0.218. The highest BCUT2D eigenvalue weighted by Crippen LogP contribution is 2.33. The summed E-state index contributed by atoms with van der Waals surface area (Å²) in [5, 5.41) is 6.63. The van der Waals surface area contributed by atoms with Gasteiger partial charge in [-0.25, -0.2) is 0 Å². The van der Waals surface area contributed by atoms with Crippen LogP contribution in [0.4, 0.5) is 0 Å². The third-order valence-electron chi connectivity index (χ3n) is 4.90. The maximum absolute atomic E-state index is 12.1. The van der Waals surface area contributed by atoms with Crippen LogP contribution in [0.5, 0.6) is 0 Å². The lowest BCUT2D eigenvalue weighted by atomic mass is 9.93. The van der Waals surface area contributed by atoms with Crippen LogP contribution < -0.4 is 10.6 Å². The molecule has 0 aromatic carbocycles. The van der Waals surface area contributed by atoms with Crippen molar-refractivity contribution in [3.63, 3.8) is 0 Å². The molecule has 4 heteroatoms. The van der Waals surface area contributed by atoms with Crippen LogP contribution in [0.25, 0.3) is 0 Å². The molecule has 0 aromatic heterocycles. The van der Waals surface area contributed by atoms with E-state index in [4.69, 9.17) is 0 Å². The normalized spacial score (nSPS) is 33.1. The summed E-state index contributed by atoms with van der Waals surface area (Å²) in [4.78, 5) is 14.4. The molecule has 2 rings (SSSR count). The Morgan fingerprint density at radius 2 is 2.16 bits per heavy atom. The molecule has 0 radical (unpaired) electrons. The molecule has 2 fully saturated rings. The molecule has 1 saturated heterocycles. The molecule has 1 saturated carbocycles. The molecule has 2 N–H and O–H groups in total. The van der Waals surface area contributed by atoms with Crippen molar-refractivity contribution in [1.82, 2.24) is 15.5 Å². The summed E-state index contributed by atoms with van der Waals surface area (Å²) in [6.45, 7) is 9.24. The van der Waals surface area contributed by atoms with Gasteiger partial charge < -0.3 is 10.6 Å². The van der Waals surface area contributed by atoms with E-state index < -0.39 is 0 Å². The molecule has 1 amide bonds. The summed E-state index contributed by atoms with van der Waals surface area (Å²) in [6, 6.07) is 0.405. The van der Waals surface area contributed by atoms with Gasteiger partial charge in [0, 0.05) is 19.1 Å². The lowest BCUT2D eigenvalue weighted by Crippen LogP contribution is -2.44. The van der Waals surface area contributed by atoms with E-state index in [0.717, 1.165) is 44.9 Å². The number of hydrogen-bond donors (Lipinski definition) is 2. The van der Waals surface area contributed by atoms with Gasteiger partial charge in [0.1, 0.15) is 0 Å². The van der Waals surface area contributed by atoms with Crippen LogP contribution in [0.15, 0.2) is 0 Å². The van der Waals surface area contributed by atoms with Crippen molar-refractivity contribution in [3.8, 4) is 0 Å². The van der Waals surface area contributed by atoms with Crippen LogP contribution in [0, 0.1) is 11.8 Å². The van der Waals surface area contributed by atoms with Gasteiger partial charge in [0.15, 0.2) is 0 Å². The predicted molar refractivity (Wildman–Crippen MR) is 78.0 cm³/mol. The lowest BCUT2D eigenvalue weighted by Gasteiger charge is -2.24. The van der Waals surface area contributed by atoms with Crippen LogP contribution in [0.3, 0.4) is 0 Å². The van der Waals surface area contributed by atoms with E-state index in [-0.39, 0.29) is 5.91 Å². The van der Waals surface area contributed by atoms with Crippen LogP contribution in [0.2, 0.25) is 0 Å². The first kappa shape index (κ1) is 14.8. The fraction of sp³-hybridized carbons (Fsp3) is 0.933. The molecule has 1 aliphatic heterocycles. The number of rotatable bonds is 4. The molecule has 4 nitrogen and oxygen atoms in total. The number of nitrogens with one attached hydrogen (secondary N) is 2. The Morgan fingerprint density at radius 1 is 1.32 bits per heavy atom. The van der Waals surface area contributed by atoms with Crippen LogP contribution in [0.1, 0.15) is 39.5 Å². The summed E-state index contributed by atoms with van der Waals surface area (Å²) in [5.74, 6) is 1.66. The monoisotopic (exact) mass is 267 g/mol. The Hall–Kier alpha value is -0.610. The third kappa shape index (κ3) is 4.18. The average Bonchev–Trinajstić information content (AvgIpc) is 2.61. The van der Waals surface area contributed by atoms with Crippen LogP contribution >= 0.6 is 0 Å². The highest BCUT2D eigenvalue weighted by atomic mass is 16.2. The van der Waals surface area contributed by atoms with Crippen molar-refractivity contribution >= 4 is 5.91 Å². The molecule has 19 heavy (non-hydrogen) atoms. The van der Waals surface area contributed by atoms with Crippen molar-refractivity contribution in [2.45, 2.75) is 45.6 Å². The zero-order chi connectivity index (χ0) is 13.7. The Balaban J connectivity index is 1.74. The molecule has 1 aliphatic carbocycles. The Bertz CT molecular complexity index is 287. The highest BCUT2D eigenvalue weighted by Gasteiger charge is 2.32. The predicted octanol–water partition coefficient (Wildman–Crippen LogP) is 1.22. The second-order valence-corrected chi connectivity index (χ2v) is 6.16. The Morgan fingerprint density at radius 3 is 2.89 bits per heavy atom. The molecule has 3 atom stereocenters. The van der Waals surface area contributed by atoms with Crippen molar-refractivity contribution in [2.24, 2.45) is 11.8 Å². The summed E-state index contributed by atoms with van der Waals surface area (Å²) in [5.41, 5.74) is 0. The molecule has 1 heterocycles. The Labute approximate surface area is 117 Å². The minimum Gasteiger partial charge on any atom is -0.352 e. The van der Waals surface area contributed by atoms with Gasteiger partial charge in [-0.05, 0) is 44.2 Å². The molecule has 0 bridgehead atoms. The number of amides is 1. The van der Waals surface area contributed by atoms with Gasteiger partial charge in [-0.1, -0.05) is 20.3 Å². The summed E-state index contributed by atoms with van der Waals surface area (Å²) < 4.78 is 0. The SMILES string of the molecule is CCC1CCC(NC(=O)CN2CCCNCC2)C1C. The van der Waals surface area contributed by atoms with Gasteiger partial charge in [0.25, 0.3) is 0 Å². The maximum atomic E-state index is 12.1. The van der Waals surface area contributed by atoms with Crippen molar-refractivity contribution < 1.29 is 4.79 Å². The fourth-order valence-corrected chi connectivity index (χ4v) is 3.54. The van der Waals surface area contributed by atoms with E-state index in [2.05, 4.69) is 29.4 Å². The number of nitrogens with zero attached hydrogens (tertiary/aromatic N) is 1. The molecule has 110 valence electrons. The first-order valence-corrected chi connectivity index (χ1v) is 7.93. The number of carbonyl (C=O) groups is 1. The summed E-state index contributed by atoms with van der Waals surface area (Å²) in [7, 11) is 0. The van der Waals surface area contributed by atoms with Gasteiger partial charge in [0.2, 0.25) is 5.91 Å². The van der Waals surface area contributed by atoms with E-state index in [9.17, 15) is 4.79 Å². The fourth-order valence-electron chi connectivity index (χ4n) is 3.54. The topological polar surface area (TPSA) is 44.4 Å². The third-order valence-corrected chi connectivity index (χ3v) is 4.90. The lowest BCUT2D eigenvalue weighted by molar-refractivity contribution is -0.123. The zero-order valence-corrected chi connectivity index (χ0v) is 12.5. The van der Waals surface area contributed by atoms with Crippen molar-refractivity contribution in [1.29, 1.82) is 0 Å². The van der Waals surface area contributed by atoms with Crippen LogP contribution in [-0.2, 0) is 4.79 Å². The smallest absolute Gasteiger partial charge is 0.234 e. The Kier molecular flexibility index (Phi) is 5.64. The van der Waals surface area contributed by atoms with E-state index in [0.29, 0.717) is 18.5 Å². The molecular formula is C15H29N3O. The largest absolute Gasteiger partial charge is 0.352 e. The molecule has 3 unspecified atom stereocenters. The van der Waals surface area contributed by atoms with E-state index in [1.54, 1.807) is 0 Å². The second-order valence-electron chi connectivity index (χ2n) is 6.16. The standard InChI is InChI=1S/C15H29N3O/c1-3-13-5-6-14(12(13)2)17-15(19)11-18-9-4-7-16-8-10-18/h12-14,16H,3-11H2,1-2H3,(H,17,19). The minimum atomic E-state index is 0.218. The highest BCUT2D eigenvalue weighted by molar-refractivity contribution is 5.78. The molecule has 0 aromatic rings. The summed E-state index contributed by atoms with van der Waals surface area (Å²) in [6.07, 6.45) is 4.82. The van der Waals surface area contributed by atoms with E-state index >= 15 is 0 Å². The molecular weight excluding hydrogens is 238 g/mol.